The number of fused-ring (bicyclic) bond motifs is 4. The average Bonchev–Trinajstić information content (AvgIpc) is 2.98. The van der Waals surface area contributed by atoms with Gasteiger partial charge in [-0.2, -0.15) is 0 Å². The van der Waals surface area contributed by atoms with Crippen LogP contribution < -0.4 is 4.74 Å². The predicted octanol–water partition coefficient (Wildman–Crippen LogP) is 5.22. The second kappa shape index (κ2) is 8.31. The van der Waals surface area contributed by atoms with Crippen LogP contribution in [0.1, 0.15) is 28.7 Å². The van der Waals surface area contributed by atoms with E-state index in [1.807, 2.05) is 36.4 Å². The van der Waals surface area contributed by atoms with Crippen LogP contribution in [0.25, 0.3) is 11.1 Å². The number of rotatable bonds is 3. The SMILES string of the molecule is O=C(O)C1c2ccc(Br)cc2OCCN1C(=O)OCC1c2ccccc2-c2ccccc21. The lowest BCUT2D eigenvalue weighted by atomic mass is 9.98. The molecule has 0 bridgehead atoms. The lowest BCUT2D eigenvalue weighted by molar-refractivity contribution is -0.143. The lowest BCUT2D eigenvalue weighted by Crippen LogP contribution is -2.40. The molecule has 0 radical (unpaired) electrons. The van der Waals surface area contributed by atoms with Crippen LogP contribution in [-0.4, -0.2) is 41.8 Å². The van der Waals surface area contributed by atoms with Crippen molar-refractivity contribution in [2.75, 3.05) is 19.8 Å². The minimum absolute atomic E-state index is 0.0962. The fourth-order valence-corrected chi connectivity index (χ4v) is 4.89. The zero-order valence-corrected chi connectivity index (χ0v) is 18.6. The van der Waals surface area contributed by atoms with E-state index in [0.29, 0.717) is 11.3 Å². The van der Waals surface area contributed by atoms with Crippen molar-refractivity contribution in [2.24, 2.45) is 0 Å². The lowest BCUT2D eigenvalue weighted by Gasteiger charge is -2.27. The first kappa shape index (κ1) is 20.6. The van der Waals surface area contributed by atoms with Crippen molar-refractivity contribution < 1.29 is 24.2 Å². The van der Waals surface area contributed by atoms with E-state index in [1.165, 1.54) is 4.90 Å². The van der Waals surface area contributed by atoms with Crippen LogP contribution in [0.2, 0.25) is 0 Å². The summed E-state index contributed by atoms with van der Waals surface area (Å²) < 4.78 is 12.2. The molecule has 0 fully saturated rings. The molecule has 162 valence electrons. The number of carbonyl (C=O) groups is 2. The third-order valence-corrected chi connectivity index (χ3v) is 6.47. The third-order valence-electron chi connectivity index (χ3n) is 5.98. The molecule has 0 spiro atoms. The summed E-state index contributed by atoms with van der Waals surface area (Å²) in [4.78, 5) is 26.5. The van der Waals surface area contributed by atoms with Crippen molar-refractivity contribution in [3.05, 3.63) is 87.9 Å². The van der Waals surface area contributed by atoms with E-state index >= 15 is 0 Å². The molecule has 1 atom stereocenters. The maximum atomic E-state index is 13.1. The molecule has 1 aliphatic heterocycles. The molecule has 0 aromatic heterocycles. The molecule has 7 heteroatoms. The Balaban J connectivity index is 1.40. The maximum absolute atomic E-state index is 13.1. The van der Waals surface area contributed by atoms with Gasteiger partial charge in [-0.25, -0.2) is 9.59 Å². The number of ether oxygens (including phenoxy) is 2. The average molecular weight is 494 g/mol. The van der Waals surface area contributed by atoms with E-state index in [9.17, 15) is 14.7 Å². The van der Waals surface area contributed by atoms with Crippen molar-refractivity contribution >= 4 is 28.0 Å². The van der Waals surface area contributed by atoms with Gasteiger partial charge in [-0.1, -0.05) is 70.5 Å². The summed E-state index contributed by atoms with van der Waals surface area (Å²) in [6, 6.07) is 20.1. The van der Waals surface area contributed by atoms with Gasteiger partial charge in [0.15, 0.2) is 6.04 Å². The van der Waals surface area contributed by atoms with E-state index in [0.717, 1.165) is 26.7 Å². The van der Waals surface area contributed by atoms with Gasteiger partial charge in [-0.05, 0) is 34.4 Å². The Morgan fingerprint density at radius 1 is 1.00 bits per heavy atom. The number of amides is 1. The van der Waals surface area contributed by atoms with Crippen LogP contribution in [-0.2, 0) is 9.53 Å². The largest absolute Gasteiger partial charge is 0.491 e. The Labute approximate surface area is 193 Å². The Bertz CT molecular complexity index is 1160. The smallest absolute Gasteiger partial charge is 0.410 e. The molecular formula is C25H20BrNO5. The molecule has 0 saturated carbocycles. The molecule has 1 amide bonds. The van der Waals surface area contributed by atoms with Crippen molar-refractivity contribution in [1.82, 2.24) is 4.90 Å². The highest BCUT2D eigenvalue weighted by molar-refractivity contribution is 9.10. The molecule has 5 rings (SSSR count). The summed E-state index contributed by atoms with van der Waals surface area (Å²) >= 11 is 3.37. The highest BCUT2D eigenvalue weighted by atomic mass is 79.9. The van der Waals surface area contributed by atoms with Gasteiger partial charge in [0.2, 0.25) is 0 Å². The number of aliphatic carboxylic acids is 1. The van der Waals surface area contributed by atoms with Gasteiger partial charge < -0.3 is 14.6 Å². The van der Waals surface area contributed by atoms with Crippen LogP contribution in [0.5, 0.6) is 5.75 Å². The number of hydrogen-bond acceptors (Lipinski definition) is 4. The molecule has 32 heavy (non-hydrogen) atoms. The van der Waals surface area contributed by atoms with E-state index in [4.69, 9.17) is 9.47 Å². The fourth-order valence-electron chi connectivity index (χ4n) is 4.55. The van der Waals surface area contributed by atoms with Gasteiger partial charge in [0.1, 0.15) is 19.0 Å². The van der Waals surface area contributed by atoms with Crippen molar-refractivity contribution in [1.29, 1.82) is 0 Å². The maximum Gasteiger partial charge on any atom is 0.410 e. The Hall–Kier alpha value is -3.32. The zero-order chi connectivity index (χ0) is 22.2. The monoisotopic (exact) mass is 493 g/mol. The summed E-state index contributed by atoms with van der Waals surface area (Å²) in [6.07, 6.45) is -0.668. The topological polar surface area (TPSA) is 76.1 Å². The van der Waals surface area contributed by atoms with Crippen LogP contribution in [0, 0.1) is 0 Å². The van der Waals surface area contributed by atoms with Crippen LogP contribution in [0.15, 0.2) is 71.2 Å². The molecule has 1 heterocycles. The summed E-state index contributed by atoms with van der Waals surface area (Å²) in [6.45, 7) is 0.418. The standard InChI is InChI=1S/C25H20BrNO5/c26-15-9-10-20-22(13-15)31-12-11-27(23(20)24(28)29)25(30)32-14-21-18-7-3-1-5-16(18)17-6-2-4-8-19(17)21/h1-10,13,21,23H,11-12,14H2,(H,28,29). The van der Waals surface area contributed by atoms with Gasteiger partial charge in [0.05, 0.1) is 6.54 Å². The van der Waals surface area contributed by atoms with Gasteiger partial charge in [0, 0.05) is 16.0 Å². The molecule has 3 aromatic carbocycles. The van der Waals surface area contributed by atoms with Gasteiger partial charge >= 0.3 is 12.1 Å². The summed E-state index contributed by atoms with van der Waals surface area (Å²) in [5.41, 5.74) is 4.90. The molecule has 3 aromatic rings. The summed E-state index contributed by atoms with van der Waals surface area (Å²) in [5.74, 6) is -0.783. The third kappa shape index (κ3) is 3.52. The zero-order valence-electron chi connectivity index (χ0n) is 17.0. The number of halogens is 1. The highest BCUT2D eigenvalue weighted by Crippen LogP contribution is 2.44. The molecule has 1 unspecified atom stereocenters. The van der Waals surface area contributed by atoms with E-state index < -0.39 is 18.1 Å². The minimum atomic E-state index is -1.18. The van der Waals surface area contributed by atoms with Crippen molar-refractivity contribution in [3.63, 3.8) is 0 Å². The molecular weight excluding hydrogens is 474 g/mol. The number of carboxylic acids is 1. The van der Waals surface area contributed by atoms with Crippen LogP contribution >= 0.6 is 15.9 Å². The number of carboxylic acid groups (broad SMARTS) is 1. The molecule has 6 nitrogen and oxygen atoms in total. The Morgan fingerprint density at radius 3 is 2.31 bits per heavy atom. The van der Waals surface area contributed by atoms with Crippen LogP contribution in [0.4, 0.5) is 4.79 Å². The predicted molar refractivity (Wildman–Crippen MR) is 122 cm³/mol. The van der Waals surface area contributed by atoms with Crippen molar-refractivity contribution in [2.45, 2.75) is 12.0 Å². The Morgan fingerprint density at radius 2 is 1.66 bits per heavy atom. The van der Waals surface area contributed by atoms with Gasteiger partial charge in [0.25, 0.3) is 0 Å². The number of benzene rings is 3. The summed E-state index contributed by atoms with van der Waals surface area (Å²) in [7, 11) is 0. The van der Waals surface area contributed by atoms with Gasteiger partial charge in [-0.3, -0.25) is 4.90 Å². The second-order valence-electron chi connectivity index (χ2n) is 7.77. The normalized spacial score (nSPS) is 16.9. The first-order chi connectivity index (χ1) is 15.5. The first-order valence-corrected chi connectivity index (χ1v) is 11.1. The van der Waals surface area contributed by atoms with E-state index in [2.05, 4.69) is 28.1 Å². The molecule has 2 aliphatic rings. The second-order valence-corrected chi connectivity index (χ2v) is 8.68. The Kier molecular flexibility index (Phi) is 5.35. The van der Waals surface area contributed by atoms with Gasteiger partial charge in [-0.15, -0.1) is 0 Å². The molecule has 1 N–H and O–H groups in total. The number of carbonyl (C=O) groups excluding carboxylic acids is 1. The first-order valence-electron chi connectivity index (χ1n) is 10.3. The van der Waals surface area contributed by atoms with Crippen LogP contribution in [0.3, 0.4) is 0 Å². The summed E-state index contributed by atoms with van der Waals surface area (Å²) in [5, 5.41) is 9.92. The number of nitrogens with zero attached hydrogens (tertiary/aromatic N) is 1. The fraction of sp³-hybridized carbons (Fsp3) is 0.200. The molecule has 1 aliphatic carbocycles. The quantitative estimate of drug-likeness (QED) is 0.541. The van der Waals surface area contributed by atoms with E-state index in [1.54, 1.807) is 18.2 Å². The number of hydrogen-bond donors (Lipinski definition) is 1. The molecule has 0 saturated heterocycles. The highest BCUT2D eigenvalue weighted by Gasteiger charge is 2.37. The minimum Gasteiger partial charge on any atom is -0.491 e. The van der Waals surface area contributed by atoms with Crippen molar-refractivity contribution in [3.8, 4) is 16.9 Å². The van der Waals surface area contributed by atoms with E-state index in [-0.39, 0.29) is 25.7 Å².